The smallest absolute Gasteiger partial charge is 0.169 e. The highest BCUT2D eigenvalue weighted by Gasteiger charge is 2.26. The zero-order valence-corrected chi connectivity index (χ0v) is 9.24. The van der Waals surface area contributed by atoms with Crippen LogP contribution >= 0.6 is 0 Å². The van der Waals surface area contributed by atoms with Crippen molar-refractivity contribution in [2.45, 2.75) is 31.5 Å². The molecule has 0 saturated heterocycles. The minimum atomic E-state index is -0.308. The molecular formula is C12H16FNO2. The Bertz CT molecular complexity index is 364. The Morgan fingerprint density at radius 2 is 2.25 bits per heavy atom. The molecule has 1 aliphatic rings. The van der Waals surface area contributed by atoms with Gasteiger partial charge in [-0.3, -0.25) is 0 Å². The van der Waals surface area contributed by atoms with Crippen LogP contribution in [0.2, 0.25) is 0 Å². The number of halogens is 1. The third-order valence-corrected chi connectivity index (χ3v) is 2.96. The standard InChI is InChI=1S/C12H16FNO2/c1-16-11-4-2-3-8(12(11)13)7-14-9-5-10(15)6-9/h2-4,9-10,14-15H,5-7H2,1H3. The summed E-state index contributed by atoms with van der Waals surface area (Å²) in [4.78, 5) is 0. The Labute approximate surface area is 94.2 Å². The van der Waals surface area contributed by atoms with E-state index in [9.17, 15) is 4.39 Å². The summed E-state index contributed by atoms with van der Waals surface area (Å²) < 4.78 is 18.6. The first-order valence-electron chi connectivity index (χ1n) is 5.43. The van der Waals surface area contributed by atoms with Gasteiger partial charge in [0.15, 0.2) is 11.6 Å². The summed E-state index contributed by atoms with van der Waals surface area (Å²) >= 11 is 0. The Morgan fingerprint density at radius 1 is 1.50 bits per heavy atom. The first-order valence-corrected chi connectivity index (χ1v) is 5.43. The quantitative estimate of drug-likeness (QED) is 0.815. The highest BCUT2D eigenvalue weighted by atomic mass is 19.1. The Hall–Kier alpha value is -1.13. The number of methoxy groups -OCH3 is 1. The van der Waals surface area contributed by atoms with Gasteiger partial charge in [-0.25, -0.2) is 4.39 Å². The van der Waals surface area contributed by atoms with E-state index >= 15 is 0 Å². The maximum absolute atomic E-state index is 13.7. The normalized spacial score (nSPS) is 23.9. The van der Waals surface area contributed by atoms with Crippen LogP contribution in [0.15, 0.2) is 18.2 Å². The lowest BCUT2D eigenvalue weighted by Crippen LogP contribution is -2.43. The predicted octanol–water partition coefficient (Wildman–Crippen LogP) is 1.45. The number of benzene rings is 1. The molecule has 1 aliphatic carbocycles. The maximum Gasteiger partial charge on any atom is 0.169 e. The summed E-state index contributed by atoms with van der Waals surface area (Å²) in [5.74, 6) is -0.0367. The van der Waals surface area contributed by atoms with Crippen molar-refractivity contribution in [3.63, 3.8) is 0 Å². The van der Waals surface area contributed by atoms with Gasteiger partial charge in [0.2, 0.25) is 0 Å². The van der Waals surface area contributed by atoms with E-state index in [1.807, 2.05) is 0 Å². The third-order valence-electron chi connectivity index (χ3n) is 2.96. The topological polar surface area (TPSA) is 41.5 Å². The monoisotopic (exact) mass is 225 g/mol. The lowest BCUT2D eigenvalue weighted by Gasteiger charge is -2.32. The number of hydrogen-bond acceptors (Lipinski definition) is 3. The largest absolute Gasteiger partial charge is 0.494 e. The van der Waals surface area contributed by atoms with Gasteiger partial charge in [0.25, 0.3) is 0 Å². The van der Waals surface area contributed by atoms with Gasteiger partial charge in [-0.05, 0) is 18.9 Å². The van der Waals surface area contributed by atoms with Crippen LogP contribution in [0.25, 0.3) is 0 Å². The van der Waals surface area contributed by atoms with Crippen LogP contribution in [-0.2, 0) is 6.54 Å². The van der Waals surface area contributed by atoms with Gasteiger partial charge >= 0.3 is 0 Å². The minimum absolute atomic E-state index is 0.187. The van der Waals surface area contributed by atoms with Crippen molar-refractivity contribution in [1.29, 1.82) is 0 Å². The van der Waals surface area contributed by atoms with Gasteiger partial charge in [0, 0.05) is 18.2 Å². The second-order valence-electron chi connectivity index (χ2n) is 4.14. The summed E-state index contributed by atoms with van der Waals surface area (Å²) in [6, 6.07) is 5.42. The molecule has 1 aromatic rings. The molecular weight excluding hydrogens is 209 g/mol. The molecule has 0 aromatic heterocycles. The van der Waals surface area contributed by atoms with Gasteiger partial charge in [0.05, 0.1) is 13.2 Å². The Kier molecular flexibility index (Phi) is 3.41. The molecule has 0 spiro atoms. The van der Waals surface area contributed by atoms with Gasteiger partial charge in [0.1, 0.15) is 0 Å². The van der Waals surface area contributed by atoms with Gasteiger partial charge < -0.3 is 15.2 Å². The van der Waals surface area contributed by atoms with Crippen molar-refractivity contribution in [3.8, 4) is 5.75 Å². The molecule has 3 nitrogen and oxygen atoms in total. The van der Waals surface area contributed by atoms with Crippen LogP contribution in [0.5, 0.6) is 5.75 Å². The molecule has 0 amide bonds. The fourth-order valence-corrected chi connectivity index (χ4v) is 1.86. The van der Waals surface area contributed by atoms with Crippen LogP contribution in [0.3, 0.4) is 0 Å². The fourth-order valence-electron chi connectivity index (χ4n) is 1.86. The van der Waals surface area contributed by atoms with E-state index in [0.717, 1.165) is 12.8 Å². The predicted molar refractivity (Wildman–Crippen MR) is 58.8 cm³/mol. The Balaban J connectivity index is 1.93. The average molecular weight is 225 g/mol. The van der Waals surface area contributed by atoms with E-state index in [1.165, 1.54) is 7.11 Å². The average Bonchev–Trinajstić information content (AvgIpc) is 2.24. The van der Waals surface area contributed by atoms with E-state index in [4.69, 9.17) is 9.84 Å². The molecule has 0 bridgehead atoms. The zero-order chi connectivity index (χ0) is 11.5. The molecule has 0 unspecified atom stereocenters. The highest BCUT2D eigenvalue weighted by Crippen LogP contribution is 2.22. The molecule has 88 valence electrons. The molecule has 0 radical (unpaired) electrons. The minimum Gasteiger partial charge on any atom is -0.494 e. The maximum atomic E-state index is 13.7. The van der Waals surface area contributed by atoms with Crippen molar-refractivity contribution >= 4 is 0 Å². The molecule has 1 fully saturated rings. The molecule has 0 atom stereocenters. The van der Waals surface area contributed by atoms with E-state index < -0.39 is 0 Å². The molecule has 0 aliphatic heterocycles. The molecule has 2 N–H and O–H groups in total. The second kappa shape index (κ2) is 4.80. The Morgan fingerprint density at radius 3 is 2.88 bits per heavy atom. The number of rotatable bonds is 4. The van der Waals surface area contributed by atoms with Crippen LogP contribution in [-0.4, -0.2) is 24.4 Å². The first-order chi connectivity index (χ1) is 7.70. The molecule has 1 saturated carbocycles. The highest BCUT2D eigenvalue weighted by molar-refractivity contribution is 5.30. The van der Waals surface area contributed by atoms with Crippen molar-refractivity contribution in [1.82, 2.24) is 5.32 Å². The van der Waals surface area contributed by atoms with Crippen LogP contribution in [0, 0.1) is 5.82 Å². The van der Waals surface area contributed by atoms with Crippen LogP contribution in [0.4, 0.5) is 4.39 Å². The molecule has 16 heavy (non-hydrogen) atoms. The first kappa shape index (κ1) is 11.4. The van der Waals surface area contributed by atoms with E-state index in [-0.39, 0.29) is 17.7 Å². The van der Waals surface area contributed by atoms with Gasteiger partial charge in [-0.15, -0.1) is 0 Å². The van der Waals surface area contributed by atoms with Crippen LogP contribution in [0.1, 0.15) is 18.4 Å². The zero-order valence-electron chi connectivity index (χ0n) is 9.24. The summed E-state index contributed by atoms with van der Waals surface area (Å²) in [5.41, 5.74) is 0.598. The van der Waals surface area contributed by atoms with E-state index in [0.29, 0.717) is 18.2 Å². The van der Waals surface area contributed by atoms with E-state index in [2.05, 4.69) is 5.32 Å². The molecule has 4 heteroatoms. The molecule has 2 rings (SSSR count). The van der Waals surface area contributed by atoms with Crippen LogP contribution < -0.4 is 10.1 Å². The van der Waals surface area contributed by atoms with Crippen molar-refractivity contribution in [2.24, 2.45) is 0 Å². The summed E-state index contributed by atoms with van der Waals surface area (Å²) in [5, 5.41) is 12.3. The molecule has 1 aromatic carbocycles. The summed E-state index contributed by atoms with van der Waals surface area (Å²) in [7, 11) is 1.46. The van der Waals surface area contributed by atoms with E-state index in [1.54, 1.807) is 18.2 Å². The summed E-state index contributed by atoms with van der Waals surface area (Å²) in [6.07, 6.45) is 1.32. The number of hydrogen-bond donors (Lipinski definition) is 2. The number of aliphatic hydroxyl groups excluding tert-OH is 1. The fraction of sp³-hybridized carbons (Fsp3) is 0.500. The third kappa shape index (κ3) is 2.33. The van der Waals surface area contributed by atoms with Crippen molar-refractivity contribution in [3.05, 3.63) is 29.6 Å². The van der Waals surface area contributed by atoms with Gasteiger partial charge in [-0.1, -0.05) is 12.1 Å². The second-order valence-corrected chi connectivity index (χ2v) is 4.14. The lowest BCUT2D eigenvalue weighted by atomic mass is 9.89. The SMILES string of the molecule is COc1cccc(CNC2CC(O)C2)c1F. The number of aliphatic hydroxyl groups is 1. The number of ether oxygens (including phenoxy) is 1. The van der Waals surface area contributed by atoms with Crippen molar-refractivity contribution < 1.29 is 14.2 Å². The molecule has 0 heterocycles. The van der Waals surface area contributed by atoms with Crippen molar-refractivity contribution in [2.75, 3.05) is 7.11 Å². The lowest BCUT2D eigenvalue weighted by molar-refractivity contribution is 0.0618. The van der Waals surface area contributed by atoms with Gasteiger partial charge in [-0.2, -0.15) is 0 Å². The summed E-state index contributed by atoms with van der Waals surface area (Å²) in [6.45, 7) is 0.473. The number of nitrogens with one attached hydrogen (secondary N) is 1.